The van der Waals surface area contributed by atoms with Gasteiger partial charge in [-0.15, -0.1) is 0 Å². The van der Waals surface area contributed by atoms with E-state index in [0.29, 0.717) is 0 Å². The molecule has 1 aliphatic heterocycles. The Morgan fingerprint density at radius 2 is 2.00 bits per heavy atom. The molecule has 1 unspecified atom stereocenters. The zero-order chi connectivity index (χ0) is 11.6. The van der Waals surface area contributed by atoms with Gasteiger partial charge in [-0.1, -0.05) is 19.8 Å². The van der Waals surface area contributed by atoms with E-state index in [1.54, 1.807) is 0 Å². The molecule has 1 saturated heterocycles. The molecule has 16 heavy (non-hydrogen) atoms. The van der Waals surface area contributed by atoms with Crippen LogP contribution in [0.25, 0.3) is 0 Å². The first-order valence-corrected chi connectivity index (χ1v) is 6.17. The SMILES string of the molecule is CC(C)C1[C@H](O)[CH-]O[C@@H]1C#CP(=O)(O)O.[U]. The van der Waals surface area contributed by atoms with Gasteiger partial charge in [0, 0.05) is 36.8 Å². The van der Waals surface area contributed by atoms with Crippen molar-refractivity contribution >= 4 is 7.60 Å². The summed E-state index contributed by atoms with van der Waals surface area (Å²) in [6, 6.07) is 0. The Morgan fingerprint density at radius 1 is 1.44 bits per heavy atom. The number of aliphatic hydroxyl groups excluding tert-OH is 1. The van der Waals surface area contributed by atoms with Crippen molar-refractivity contribution in [1.82, 2.24) is 0 Å². The van der Waals surface area contributed by atoms with Crippen molar-refractivity contribution in [2.24, 2.45) is 11.8 Å². The molecule has 0 amide bonds. The zero-order valence-corrected chi connectivity index (χ0v) is 14.1. The summed E-state index contributed by atoms with van der Waals surface area (Å²) in [5, 5.41) is 9.52. The molecule has 5 nitrogen and oxygen atoms in total. The van der Waals surface area contributed by atoms with E-state index < -0.39 is 19.8 Å². The van der Waals surface area contributed by atoms with Crippen LogP contribution in [0.2, 0.25) is 0 Å². The van der Waals surface area contributed by atoms with E-state index in [-0.39, 0.29) is 42.9 Å². The third kappa shape index (κ3) is 4.90. The van der Waals surface area contributed by atoms with Crippen molar-refractivity contribution in [1.29, 1.82) is 0 Å². The fourth-order valence-corrected chi connectivity index (χ4v) is 1.84. The van der Waals surface area contributed by atoms with Gasteiger partial charge in [0.1, 0.15) is 0 Å². The first kappa shape index (κ1) is 16.7. The number of ether oxygens (including phenoxy) is 1. The molecule has 0 saturated carbocycles. The van der Waals surface area contributed by atoms with E-state index in [9.17, 15) is 9.67 Å². The van der Waals surface area contributed by atoms with Gasteiger partial charge < -0.3 is 19.6 Å². The van der Waals surface area contributed by atoms with Crippen LogP contribution in [0.15, 0.2) is 0 Å². The van der Waals surface area contributed by atoms with Gasteiger partial charge in [-0.2, -0.15) is 6.61 Å². The molecule has 0 aliphatic carbocycles. The van der Waals surface area contributed by atoms with Crippen LogP contribution in [0, 0.1) is 61.1 Å². The minimum absolute atomic E-state index is 0. The van der Waals surface area contributed by atoms with Gasteiger partial charge >= 0.3 is 7.60 Å². The van der Waals surface area contributed by atoms with Crippen molar-refractivity contribution in [3.05, 3.63) is 6.61 Å². The molecule has 7 heteroatoms. The van der Waals surface area contributed by atoms with Crippen LogP contribution < -0.4 is 0 Å². The van der Waals surface area contributed by atoms with E-state index in [2.05, 4.69) is 5.92 Å². The Bertz CT molecular complexity index is 329. The third-order valence-corrected chi connectivity index (χ3v) is 2.65. The monoisotopic (exact) mass is 471 g/mol. The minimum Gasteiger partial charge on any atom is -0.538 e. The van der Waals surface area contributed by atoms with E-state index in [4.69, 9.17) is 14.5 Å². The maximum Gasteiger partial charge on any atom is 0.400 e. The van der Waals surface area contributed by atoms with Crippen molar-refractivity contribution in [2.45, 2.75) is 26.1 Å². The topological polar surface area (TPSA) is 87.0 Å². The second-order valence-corrected chi connectivity index (χ2v) is 5.12. The third-order valence-electron chi connectivity index (χ3n) is 2.23. The fraction of sp³-hybridized carbons (Fsp3) is 0.667. The molecule has 1 heterocycles. The molecule has 1 aliphatic rings. The van der Waals surface area contributed by atoms with Gasteiger partial charge in [0.15, 0.2) is 0 Å². The van der Waals surface area contributed by atoms with Crippen LogP contribution >= 0.6 is 7.60 Å². The summed E-state index contributed by atoms with van der Waals surface area (Å²) in [4.78, 5) is 17.2. The van der Waals surface area contributed by atoms with Crippen LogP contribution in [-0.2, 0) is 9.30 Å². The molecule has 0 radical (unpaired) electrons. The molecule has 0 bridgehead atoms. The maximum atomic E-state index is 10.5. The number of hydrogen-bond donors (Lipinski definition) is 3. The predicted molar refractivity (Wildman–Crippen MR) is 53.3 cm³/mol. The summed E-state index contributed by atoms with van der Waals surface area (Å²) in [7, 11) is -4.33. The molecule has 0 aromatic heterocycles. The number of aliphatic hydroxyl groups is 1. The van der Waals surface area contributed by atoms with Crippen LogP contribution in [-0.4, -0.2) is 27.1 Å². The predicted octanol–water partition coefficient (Wildman–Crippen LogP) is 0.319. The molecule has 1 rings (SSSR count). The summed E-state index contributed by atoms with van der Waals surface area (Å²) in [5.74, 6) is 2.23. The summed E-state index contributed by atoms with van der Waals surface area (Å²) in [6.07, 6.45) is -1.38. The van der Waals surface area contributed by atoms with Gasteiger partial charge in [-0.25, -0.2) is 4.57 Å². The molecular weight excluding hydrogens is 457 g/mol. The molecule has 0 spiro atoms. The summed E-state index contributed by atoms with van der Waals surface area (Å²) in [6.45, 7) is 5.04. The van der Waals surface area contributed by atoms with E-state index in [1.807, 2.05) is 19.5 Å². The molecule has 1 fully saturated rings. The van der Waals surface area contributed by atoms with Crippen LogP contribution in [0.3, 0.4) is 0 Å². The minimum atomic E-state index is -4.33. The standard InChI is InChI=1S/C9H14O5P.U/c1-6(2)9-7(10)5-14-8(9)3-4-15(11,12)13;/h5-10H,1-2H3,(H2,11,12,13);/q-1;/t7-,8-,9?;/m1./s1. The maximum absolute atomic E-state index is 10.5. The van der Waals surface area contributed by atoms with E-state index >= 15 is 0 Å². The summed E-state index contributed by atoms with van der Waals surface area (Å²) < 4.78 is 15.6. The average molecular weight is 471 g/mol. The zero-order valence-electron chi connectivity index (χ0n) is 8.99. The van der Waals surface area contributed by atoms with Crippen molar-refractivity contribution in [3.63, 3.8) is 0 Å². The second-order valence-electron chi connectivity index (χ2n) is 3.80. The molecule has 90 valence electrons. The number of rotatable bonds is 1. The number of hydrogen-bond acceptors (Lipinski definition) is 3. The van der Waals surface area contributed by atoms with Gasteiger partial charge in [0.2, 0.25) is 0 Å². The van der Waals surface area contributed by atoms with Crippen molar-refractivity contribution in [3.8, 4) is 11.6 Å². The Balaban J connectivity index is 0.00000225. The molecule has 0 aromatic carbocycles. The Hall–Kier alpha value is 0.682. The average Bonchev–Trinajstić information content (AvgIpc) is 2.42. The quantitative estimate of drug-likeness (QED) is 0.292. The molecule has 3 atom stereocenters. The largest absolute Gasteiger partial charge is 0.538 e. The van der Waals surface area contributed by atoms with Crippen LogP contribution in [0.1, 0.15) is 13.8 Å². The summed E-state index contributed by atoms with van der Waals surface area (Å²) >= 11 is 0. The molecule has 3 N–H and O–H groups in total. The van der Waals surface area contributed by atoms with Gasteiger partial charge in [-0.3, -0.25) is 0 Å². The smallest absolute Gasteiger partial charge is 0.400 e. The Kier molecular flexibility index (Phi) is 6.85. The Labute approximate surface area is 118 Å². The first-order valence-electron chi connectivity index (χ1n) is 4.56. The van der Waals surface area contributed by atoms with Gasteiger partial charge in [0.25, 0.3) is 0 Å². The van der Waals surface area contributed by atoms with Crippen molar-refractivity contribution < 1.29 is 55.3 Å². The van der Waals surface area contributed by atoms with Crippen LogP contribution in [0.5, 0.6) is 0 Å². The Morgan fingerprint density at radius 3 is 2.44 bits per heavy atom. The van der Waals surface area contributed by atoms with Crippen molar-refractivity contribution in [2.75, 3.05) is 0 Å². The van der Waals surface area contributed by atoms with Crippen LogP contribution in [0.4, 0.5) is 0 Å². The summed E-state index contributed by atoms with van der Waals surface area (Å²) in [5.41, 5.74) is 1.83. The first-order chi connectivity index (χ1) is 6.81. The molecular formula is C9H14O5PU-. The second kappa shape index (κ2) is 6.57. The van der Waals surface area contributed by atoms with Gasteiger partial charge in [0.05, 0.1) is 6.10 Å². The van der Waals surface area contributed by atoms with Gasteiger partial charge in [-0.05, 0) is 17.9 Å². The fourth-order valence-electron chi connectivity index (χ4n) is 1.55. The van der Waals surface area contributed by atoms with E-state index in [0.717, 1.165) is 0 Å². The normalized spacial score (nSPS) is 29.5. The van der Waals surface area contributed by atoms with E-state index in [1.165, 1.54) is 6.61 Å². The molecule has 0 aromatic rings.